The van der Waals surface area contributed by atoms with E-state index >= 15 is 0 Å². The number of anilines is 1. The summed E-state index contributed by atoms with van der Waals surface area (Å²) in [6.45, 7) is 0. The summed E-state index contributed by atoms with van der Waals surface area (Å²) in [5, 5.41) is 3.40. The summed E-state index contributed by atoms with van der Waals surface area (Å²) in [5.74, 6) is 0.897. The molecule has 0 atom stereocenters. The highest BCUT2D eigenvalue weighted by Gasteiger charge is 2.10. The van der Waals surface area contributed by atoms with E-state index in [9.17, 15) is 9.59 Å². The molecule has 1 amide bonds. The lowest BCUT2D eigenvalue weighted by Crippen LogP contribution is -2.11. The Morgan fingerprint density at radius 1 is 0.929 bits per heavy atom. The molecule has 0 bridgehead atoms. The zero-order valence-corrected chi connectivity index (χ0v) is 15.1. The Labute approximate surface area is 161 Å². The van der Waals surface area contributed by atoms with E-state index in [-0.39, 0.29) is 11.3 Å². The van der Waals surface area contributed by atoms with E-state index in [1.54, 1.807) is 67.8 Å². The predicted molar refractivity (Wildman–Crippen MR) is 109 cm³/mol. The van der Waals surface area contributed by atoms with Gasteiger partial charge in [-0.15, -0.1) is 0 Å². The second kappa shape index (κ2) is 7.40. The van der Waals surface area contributed by atoms with Crippen molar-refractivity contribution in [1.82, 2.24) is 0 Å². The van der Waals surface area contributed by atoms with Crippen LogP contribution in [0.5, 0.6) is 5.75 Å². The molecule has 4 aromatic rings. The molecule has 0 aliphatic rings. The molecule has 4 rings (SSSR count). The highest BCUT2D eigenvalue weighted by molar-refractivity contribution is 6.04. The van der Waals surface area contributed by atoms with Crippen molar-refractivity contribution in [3.63, 3.8) is 0 Å². The first kappa shape index (κ1) is 17.5. The SMILES string of the molecule is COc1ccc(C(=O)Nc2cccc(-c3cc(=O)c4ccccc4o3)c2)cc1. The number of amides is 1. The van der Waals surface area contributed by atoms with Crippen molar-refractivity contribution in [3.8, 4) is 17.1 Å². The summed E-state index contributed by atoms with van der Waals surface area (Å²) in [4.78, 5) is 24.8. The van der Waals surface area contributed by atoms with Gasteiger partial charge in [-0.25, -0.2) is 0 Å². The molecule has 0 aliphatic carbocycles. The number of nitrogens with one attached hydrogen (secondary N) is 1. The maximum Gasteiger partial charge on any atom is 0.255 e. The van der Waals surface area contributed by atoms with Crippen molar-refractivity contribution < 1.29 is 13.9 Å². The molecule has 5 nitrogen and oxygen atoms in total. The molecule has 0 aliphatic heterocycles. The Hall–Kier alpha value is -3.86. The van der Waals surface area contributed by atoms with E-state index < -0.39 is 0 Å². The molecular weight excluding hydrogens is 354 g/mol. The average Bonchev–Trinajstić information content (AvgIpc) is 2.74. The summed E-state index contributed by atoms with van der Waals surface area (Å²) in [6, 6.07) is 22.6. The topological polar surface area (TPSA) is 68.5 Å². The van der Waals surface area contributed by atoms with E-state index in [2.05, 4.69) is 5.32 Å². The number of benzene rings is 3. The van der Waals surface area contributed by atoms with Crippen LogP contribution >= 0.6 is 0 Å². The molecule has 3 aromatic carbocycles. The van der Waals surface area contributed by atoms with Crippen LogP contribution in [0.4, 0.5) is 5.69 Å². The van der Waals surface area contributed by atoms with Crippen LogP contribution in [0, 0.1) is 0 Å². The number of ether oxygens (including phenoxy) is 1. The molecule has 0 unspecified atom stereocenters. The lowest BCUT2D eigenvalue weighted by molar-refractivity contribution is 0.102. The minimum atomic E-state index is -0.236. The quantitative estimate of drug-likeness (QED) is 0.563. The molecule has 1 N–H and O–H groups in total. The highest BCUT2D eigenvalue weighted by atomic mass is 16.5. The first-order valence-corrected chi connectivity index (χ1v) is 8.73. The van der Waals surface area contributed by atoms with Crippen molar-refractivity contribution in [2.24, 2.45) is 0 Å². The standard InChI is InChI=1S/C23H17NO4/c1-27-18-11-9-15(10-12-18)23(26)24-17-6-4-5-16(13-17)22-14-20(25)19-7-2-3-8-21(19)28-22/h2-14H,1H3,(H,24,26). The number of rotatable bonds is 4. The van der Waals surface area contributed by atoms with Crippen LogP contribution in [-0.4, -0.2) is 13.0 Å². The molecular formula is C23H17NO4. The number of hydrogen-bond donors (Lipinski definition) is 1. The van der Waals surface area contributed by atoms with Crippen molar-refractivity contribution in [1.29, 1.82) is 0 Å². The van der Waals surface area contributed by atoms with Crippen molar-refractivity contribution in [2.75, 3.05) is 12.4 Å². The van der Waals surface area contributed by atoms with Crippen LogP contribution in [0.3, 0.4) is 0 Å². The van der Waals surface area contributed by atoms with Gasteiger partial charge >= 0.3 is 0 Å². The first-order chi connectivity index (χ1) is 13.6. The molecule has 0 saturated carbocycles. The van der Waals surface area contributed by atoms with Crippen LogP contribution in [0.25, 0.3) is 22.3 Å². The first-order valence-electron chi connectivity index (χ1n) is 8.73. The van der Waals surface area contributed by atoms with E-state index in [0.717, 1.165) is 0 Å². The Kier molecular flexibility index (Phi) is 4.64. The van der Waals surface area contributed by atoms with Gasteiger partial charge in [0.25, 0.3) is 5.91 Å². The van der Waals surface area contributed by atoms with Crippen LogP contribution < -0.4 is 15.5 Å². The Morgan fingerprint density at radius 2 is 1.71 bits per heavy atom. The predicted octanol–water partition coefficient (Wildman–Crippen LogP) is 4.72. The molecule has 1 heterocycles. The Balaban J connectivity index is 1.62. The fourth-order valence-electron chi connectivity index (χ4n) is 2.94. The fourth-order valence-corrected chi connectivity index (χ4v) is 2.94. The smallest absolute Gasteiger partial charge is 0.255 e. The highest BCUT2D eigenvalue weighted by Crippen LogP contribution is 2.25. The molecule has 5 heteroatoms. The third-order valence-electron chi connectivity index (χ3n) is 4.39. The molecule has 0 radical (unpaired) electrons. The van der Waals surface area contributed by atoms with Gasteiger partial charge in [-0.05, 0) is 48.5 Å². The second-order valence-electron chi connectivity index (χ2n) is 6.23. The fraction of sp³-hybridized carbons (Fsp3) is 0.0435. The molecule has 0 saturated heterocycles. The van der Waals surface area contributed by atoms with Gasteiger partial charge in [-0.2, -0.15) is 0 Å². The summed E-state index contributed by atoms with van der Waals surface area (Å²) >= 11 is 0. The minimum Gasteiger partial charge on any atom is -0.497 e. The van der Waals surface area contributed by atoms with Gasteiger partial charge in [-0.3, -0.25) is 9.59 Å². The van der Waals surface area contributed by atoms with Gasteiger partial charge in [0.2, 0.25) is 0 Å². The molecule has 0 spiro atoms. The van der Waals surface area contributed by atoms with Crippen LogP contribution in [-0.2, 0) is 0 Å². The third kappa shape index (κ3) is 3.50. The lowest BCUT2D eigenvalue weighted by Gasteiger charge is -2.08. The number of para-hydroxylation sites is 1. The van der Waals surface area contributed by atoms with Crippen molar-refractivity contribution >= 4 is 22.6 Å². The van der Waals surface area contributed by atoms with Gasteiger partial charge in [0.15, 0.2) is 5.43 Å². The largest absolute Gasteiger partial charge is 0.497 e. The van der Waals surface area contributed by atoms with Gasteiger partial charge in [0.1, 0.15) is 17.1 Å². The van der Waals surface area contributed by atoms with Crippen LogP contribution in [0.15, 0.2) is 88.1 Å². The Bertz CT molecular complexity index is 1210. The molecule has 1 aromatic heterocycles. The third-order valence-corrected chi connectivity index (χ3v) is 4.39. The Morgan fingerprint density at radius 3 is 2.50 bits per heavy atom. The molecule has 138 valence electrons. The number of fused-ring (bicyclic) bond motifs is 1. The number of carbonyl (C=O) groups excluding carboxylic acids is 1. The normalized spacial score (nSPS) is 10.6. The van der Waals surface area contributed by atoms with E-state index in [4.69, 9.17) is 9.15 Å². The van der Waals surface area contributed by atoms with Gasteiger partial charge in [0.05, 0.1) is 12.5 Å². The van der Waals surface area contributed by atoms with Gasteiger partial charge in [0, 0.05) is 22.9 Å². The number of methoxy groups -OCH3 is 1. The van der Waals surface area contributed by atoms with Crippen molar-refractivity contribution in [2.45, 2.75) is 0 Å². The second-order valence-corrected chi connectivity index (χ2v) is 6.23. The average molecular weight is 371 g/mol. The number of carbonyl (C=O) groups is 1. The van der Waals surface area contributed by atoms with E-state index in [1.165, 1.54) is 6.07 Å². The number of hydrogen-bond acceptors (Lipinski definition) is 4. The zero-order valence-electron chi connectivity index (χ0n) is 15.1. The summed E-state index contributed by atoms with van der Waals surface area (Å²) in [5.41, 5.74) is 2.25. The summed E-state index contributed by atoms with van der Waals surface area (Å²) in [7, 11) is 1.58. The summed E-state index contributed by atoms with van der Waals surface area (Å²) < 4.78 is 11.0. The summed E-state index contributed by atoms with van der Waals surface area (Å²) in [6.07, 6.45) is 0. The molecule has 28 heavy (non-hydrogen) atoms. The maximum atomic E-state index is 12.5. The van der Waals surface area contributed by atoms with E-state index in [1.807, 2.05) is 12.1 Å². The monoisotopic (exact) mass is 371 g/mol. The molecule has 0 fully saturated rings. The van der Waals surface area contributed by atoms with Crippen molar-refractivity contribution in [3.05, 3.63) is 94.6 Å². The van der Waals surface area contributed by atoms with Crippen LogP contribution in [0.1, 0.15) is 10.4 Å². The lowest BCUT2D eigenvalue weighted by atomic mass is 10.1. The minimum absolute atomic E-state index is 0.107. The van der Waals surface area contributed by atoms with E-state index in [0.29, 0.717) is 39.3 Å². The maximum absolute atomic E-state index is 12.5. The van der Waals surface area contributed by atoms with Gasteiger partial charge < -0.3 is 14.5 Å². The van der Waals surface area contributed by atoms with Gasteiger partial charge in [-0.1, -0.05) is 24.3 Å². The zero-order chi connectivity index (χ0) is 19.5. The van der Waals surface area contributed by atoms with Crippen LogP contribution in [0.2, 0.25) is 0 Å².